The molecule has 2 aromatic heterocycles. The van der Waals surface area contributed by atoms with E-state index in [1.807, 2.05) is 23.9 Å². The highest BCUT2D eigenvalue weighted by Gasteiger charge is 2.19. The van der Waals surface area contributed by atoms with Crippen molar-refractivity contribution in [1.29, 1.82) is 0 Å². The van der Waals surface area contributed by atoms with Gasteiger partial charge in [-0.1, -0.05) is 0 Å². The lowest BCUT2D eigenvalue weighted by atomic mass is 10.2. The van der Waals surface area contributed by atoms with E-state index in [1.165, 1.54) is 0 Å². The third-order valence-corrected chi connectivity index (χ3v) is 4.22. The molecule has 0 amide bonds. The number of aryl methyl sites for hydroxylation is 3. The Bertz CT molecular complexity index is 782. The Morgan fingerprint density at radius 1 is 1.10 bits per heavy atom. The van der Waals surface area contributed by atoms with E-state index in [9.17, 15) is 0 Å². The molecule has 0 aliphatic heterocycles. The van der Waals surface area contributed by atoms with Gasteiger partial charge in [0.1, 0.15) is 5.75 Å². The zero-order valence-electron chi connectivity index (χ0n) is 11.9. The van der Waals surface area contributed by atoms with Gasteiger partial charge in [0.15, 0.2) is 5.82 Å². The molecule has 0 aliphatic rings. The first-order valence-electron chi connectivity index (χ1n) is 6.39. The summed E-state index contributed by atoms with van der Waals surface area (Å²) in [5.74, 6) is 1.72. The number of rotatable bonds is 2. The molecule has 0 radical (unpaired) electrons. The van der Waals surface area contributed by atoms with Crippen molar-refractivity contribution >= 4 is 26.8 Å². The Morgan fingerprint density at radius 2 is 1.75 bits per heavy atom. The first kappa shape index (κ1) is 13.2. The van der Waals surface area contributed by atoms with Gasteiger partial charge in [0, 0.05) is 18.4 Å². The summed E-state index contributed by atoms with van der Waals surface area (Å²) in [5, 5.41) is 5.70. The average molecular weight is 334 g/mol. The molecule has 0 saturated heterocycles. The van der Waals surface area contributed by atoms with Crippen molar-refractivity contribution in [2.24, 2.45) is 7.05 Å². The van der Waals surface area contributed by atoms with Crippen LogP contribution in [0.2, 0.25) is 0 Å². The first-order chi connectivity index (χ1) is 9.54. The van der Waals surface area contributed by atoms with Crippen molar-refractivity contribution in [2.45, 2.75) is 13.8 Å². The first-order valence-corrected chi connectivity index (χ1v) is 7.18. The van der Waals surface area contributed by atoms with Crippen LogP contribution >= 0.6 is 15.9 Å². The van der Waals surface area contributed by atoms with Crippen LogP contribution in [0.3, 0.4) is 0 Å². The molecule has 0 aliphatic carbocycles. The summed E-state index contributed by atoms with van der Waals surface area (Å²) >= 11 is 3.55. The number of methoxy groups -OCH3 is 1. The highest BCUT2D eigenvalue weighted by atomic mass is 79.9. The maximum Gasteiger partial charge on any atom is 0.170 e. The van der Waals surface area contributed by atoms with Crippen LogP contribution in [0.15, 0.2) is 28.7 Å². The molecule has 0 atom stereocenters. The number of hydrogen-bond acceptors (Lipinski definition) is 2. The molecule has 0 bridgehead atoms. The predicted octanol–water partition coefficient (Wildman–Crippen LogP) is 3.75. The minimum absolute atomic E-state index is 0.818. The second-order valence-corrected chi connectivity index (χ2v) is 5.73. The summed E-state index contributed by atoms with van der Waals surface area (Å²) in [6.45, 7) is 4.16. The van der Waals surface area contributed by atoms with Gasteiger partial charge in [-0.2, -0.15) is 5.10 Å². The van der Waals surface area contributed by atoms with E-state index in [0.717, 1.165) is 38.3 Å². The second-order valence-electron chi connectivity index (χ2n) is 4.87. The molecule has 0 unspecified atom stereocenters. The van der Waals surface area contributed by atoms with Gasteiger partial charge in [-0.15, -0.1) is 0 Å². The molecular weight excluding hydrogens is 318 g/mol. The molecule has 0 saturated carbocycles. The number of halogens is 1. The fraction of sp³-hybridized carbons (Fsp3) is 0.267. The summed E-state index contributed by atoms with van der Waals surface area (Å²) < 4.78 is 10.5. The lowest BCUT2D eigenvalue weighted by Crippen LogP contribution is -2.01. The largest absolute Gasteiger partial charge is 0.495 e. The van der Waals surface area contributed by atoms with Crippen molar-refractivity contribution < 1.29 is 4.74 Å². The van der Waals surface area contributed by atoms with Crippen LogP contribution in [-0.4, -0.2) is 21.5 Å². The quantitative estimate of drug-likeness (QED) is 0.715. The molecule has 3 aromatic rings. The molecule has 5 heteroatoms. The minimum atomic E-state index is 0.818. The van der Waals surface area contributed by atoms with E-state index in [4.69, 9.17) is 4.74 Å². The van der Waals surface area contributed by atoms with E-state index in [2.05, 4.69) is 51.6 Å². The second kappa shape index (κ2) is 4.66. The zero-order valence-corrected chi connectivity index (χ0v) is 13.5. The summed E-state index contributed by atoms with van der Waals surface area (Å²) in [6.07, 6.45) is 0. The highest BCUT2D eigenvalue weighted by molar-refractivity contribution is 9.10. The van der Waals surface area contributed by atoms with Gasteiger partial charge in [-0.05, 0) is 54.0 Å². The van der Waals surface area contributed by atoms with Gasteiger partial charge in [-0.3, -0.25) is 4.68 Å². The molecule has 0 N–H and O–H groups in total. The molecule has 20 heavy (non-hydrogen) atoms. The Hall–Kier alpha value is -1.75. The van der Waals surface area contributed by atoms with E-state index < -0.39 is 0 Å². The number of benzene rings is 1. The Morgan fingerprint density at radius 3 is 2.35 bits per heavy atom. The fourth-order valence-electron chi connectivity index (χ4n) is 2.64. The van der Waals surface area contributed by atoms with Gasteiger partial charge in [0.25, 0.3) is 0 Å². The van der Waals surface area contributed by atoms with Crippen LogP contribution in [0, 0.1) is 13.8 Å². The monoisotopic (exact) mass is 333 g/mol. The van der Waals surface area contributed by atoms with Gasteiger partial charge in [-0.25, -0.2) is 0 Å². The molecule has 1 aromatic carbocycles. The molecule has 0 fully saturated rings. The van der Waals surface area contributed by atoms with E-state index in [1.54, 1.807) is 7.11 Å². The van der Waals surface area contributed by atoms with Crippen molar-refractivity contribution in [2.75, 3.05) is 7.11 Å². The van der Waals surface area contributed by atoms with Gasteiger partial charge >= 0.3 is 0 Å². The van der Waals surface area contributed by atoms with Crippen molar-refractivity contribution in [3.05, 3.63) is 40.1 Å². The molecule has 3 rings (SSSR count). The normalized spacial score (nSPS) is 11.2. The van der Waals surface area contributed by atoms with Crippen LogP contribution in [-0.2, 0) is 7.05 Å². The van der Waals surface area contributed by atoms with E-state index >= 15 is 0 Å². The SMILES string of the molecule is COc1c(Br)ccc2c1c(-n1c(C)ccc1C)nn2C. The highest BCUT2D eigenvalue weighted by Crippen LogP contribution is 2.37. The number of nitrogens with zero attached hydrogens (tertiary/aromatic N) is 3. The Kier molecular flexibility index (Phi) is 3.09. The number of aromatic nitrogens is 3. The topological polar surface area (TPSA) is 32.0 Å². The van der Waals surface area contributed by atoms with Gasteiger partial charge in [0.2, 0.25) is 0 Å². The molecule has 2 heterocycles. The average Bonchev–Trinajstić information content (AvgIpc) is 2.90. The van der Waals surface area contributed by atoms with Crippen LogP contribution in [0.5, 0.6) is 5.75 Å². The smallest absolute Gasteiger partial charge is 0.170 e. The van der Waals surface area contributed by atoms with Crippen LogP contribution in [0.25, 0.3) is 16.7 Å². The van der Waals surface area contributed by atoms with Gasteiger partial charge in [0.05, 0.1) is 22.5 Å². The third kappa shape index (κ3) is 1.77. The van der Waals surface area contributed by atoms with Gasteiger partial charge < -0.3 is 9.30 Å². The molecule has 104 valence electrons. The third-order valence-electron chi connectivity index (χ3n) is 3.59. The Balaban J connectivity index is 2.46. The fourth-order valence-corrected chi connectivity index (χ4v) is 3.13. The summed E-state index contributed by atoms with van der Waals surface area (Å²) in [5.41, 5.74) is 3.36. The number of fused-ring (bicyclic) bond motifs is 1. The van der Waals surface area contributed by atoms with E-state index in [0.29, 0.717) is 0 Å². The maximum atomic E-state index is 5.58. The molecular formula is C15H16BrN3O. The van der Waals surface area contributed by atoms with Crippen molar-refractivity contribution in [1.82, 2.24) is 14.3 Å². The molecule has 4 nitrogen and oxygen atoms in total. The van der Waals surface area contributed by atoms with Crippen molar-refractivity contribution in [3.8, 4) is 11.6 Å². The number of hydrogen-bond donors (Lipinski definition) is 0. The lowest BCUT2D eigenvalue weighted by molar-refractivity contribution is 0.417. The molecule has 0 spiro atoms. The summed E-state index contributed by atoms with van der Waals surface area (Å²) in [6, 6.07) is 8.23. The van der Waals surface area contributed by atoms with Crippen molar-refractivity contribution in [3.63, 3.8) is 0 Å². The Labute approximate surface area is 126 Å². The zero-order chi connectivity index (χ0) is 14.4. The predicted molar refractivity (Wildman–Crippen MR) is 83.8 cm³/mol. The summed E-state index contributed by atoms with van der Waals surface area (Å²) in [7, 11) is 3.64. The van der Waals surface area contributed by atoms with Crippen LogP contribution in [0.1, 0.15) is 11.4 Å². The minimum Gasteiger partial charge on any atom is -0.495 e. The summed E-state index contributed by atoms with van der Waals surface area (Å²) in [4.78, 5) is 0. The standard InChI is InChI=1S/C15H16BrN3O/c1-9-5-6-10(2)19(9)15-13-12(18(3)17-15)8-7-11(16)14(13)20-4/h5-8H,1-4H3. The maximum absolute atomic E-state index is 5.58. The lowest BCUT2D eigenvalue weighted by Gasteiger charge is -2.09. The van der Waals surface area contributed by atoms with Crippen LogP contribution < -0.4 is 4.74 Å². The number of ether oxygens (including phenoxy) is 1. The van der Waals surface area contributed by atoms with Crippen LogP contribution in [0.4, 0.5) is 0 Å². The van der Waals surface area contributed by atoms with E-state index in [-0.39, 0.29) is 0 Å².